The molecule has 1 aliphatic carbocycles. The quantitative estimate of drug-likeness (QED) is 0.197. The summed E-state index contributed by atoms with van der Waals surface area (Å²) in [6.45, 7) is 5.39. The molecular formula is C37H57NO10. The van der Waals surface area contributed by atoms with Crippen LogP contribution >= 0.6 is 0 Å². The molecule has 3 aliphatic heterocycles. The molecule has 0 aromatic carbocycles. The number of ether oxygens (including phenoxy) is 2. The smallest absolute Gasteiger partial charge is 0.329 e. The number of rotatable bonds is 4. The number of nitrogens with zero attached hydrogens (tertiary/aromatic N) is 1. The third-order valence-electron chi connectivity index (χ3n) is 11.2. The molecule has 4 rings (SSSR count). The summed E-state index contributed by atoms with van der Waals surface area (Å²) in [5.74, 6) is -6.86. The van der Waals surface area contributed by atoms with Crippen molar-refractivity contribution in [3.8, 4) is 0 Å². The van der Waals surface area contributed by atoms with Gasteiger partial charge in [-0.25, -0.2) is 4.79 Å². The van der Waals surface area contributed by atoms with Crippen molar-refractivity contribution < 1.29 is 49.1 Å². The second kappa shape index (κ2) is 17.5. The Hall–Kier alpha value is -2.44. The van der Waals surface area contributed by atoms with E-state index >= 15 is 0 Å². The van der Waals surface area contributed by atoms with Crippen LogP contribution in [-0.4, -0.2) is 98.2 Å². The van der Waals surface area contributed by atoms with E-state index in [9.17, 15) is 39.6 Å². The van der Waals surface area contributed by atoms with Crippen molar-refractivity contribution in [3.63, 3.8) is 0 Å². The standard InChI is InChI=1S/C37H57NO10/c1-23(20-27-14-16-30(41)31(42)21-27)32-18-15-26(22-39)10-6-4-5-7-12-29(40)25(3)33-17-13-24(2)37(46,48-33)34(43)35(44)38-19-9-8-11-28(38)36(45)47-32/h6-7,10,12,23-28,30-33,39,41-42,46H,4-5,8-9,11,13-22H2,1-3H3. The van der Waals surface area contributed by atoms with Gasteiger partial charge in [-0.2, -0.15) is 0 Å². The largest absolute Gasteiger partial charge is 0.461 e. The molecule has 3 fully saturated rings. The van der Waals surface area contributed by atoms with Gasteiger partial charge in [0.05, 0.1) is 18.3 Å². The maximum Gasteiger partial charge on any atom is 0.329 e. The van der Waals surface area contributed by atoms with E-state index in [0.29, 0.717) is 77.0 Å². The van der Waals surface area contributed by atoms with Gasteiger partial charge in [0.15, 0.2) is 5.78 Å². The molecule has 11 heteroatoms. The number of hydrogen-bond acceptors (Lipinski definition) is 10. The first-order chi connectivity index (χ1) is 22.8. The van der Waals surface area contributed by atoms with E-state index in [1.54, 1.807) is 19.9 Å². The van der Waals surface area contributed by atoms with Gasteiger partial charge < -0.3 is 34.8 Å². The molecule has 4 N–H and O–H groups in total. The van der Waals surface area contributed by atoms with Gasteiger partial charge in [0.2, 0.25) is 5.79 Å². The van der Waals surface area contributed by atoms with E-state index < -0.39 is 65.7 Å². The molecule has 2 saturated heterocycles. The number of aliphatic hydroxyl groups excluding tert-OH is 3. The lowest BCUT2D eigenvalue weighted by Crippen LogP contribution is -2.61. The number of piperidine rings is 1. The Balaban J connectivity index is 1.61. The molecule has 0 spiro atoms. The molecule has 1 saturated carbocycles. The van der Waals surface area contributed by atoms with Crippen molar-refractivity contribution in [2.45, 2.75) is 140 Å². The Morgan fingerprint density at radius 3 is 2.42 bits per heavy atom. The Morgan fingerprint density at radius 1 is 0.938 bits per heavy atom. The van der Waals surface area contributed by atoms with Crippen LogP contribution in [-0.2, 0) is 28.7 Å². The van der Waals surface area contributed by atoms with Crippen LogP contribution in [0.3, 0.4) is 0 Å². The molecule has 2 bridgehead atoms. The number of esters is 1. The average Bonchev–Trinajstić information content (AvgIpc) is 3.08. The molecule has 3 heterocycles. The Labute approximate surface area is 284 Å². The van der Waals surface area contributed by atoms with Crippen LogP contribution in [0.15, 0.2) is 24.3 Å². The Bertz CT molecular complexity index is 1190. The van der Waals surface area contributed by atoms with E-state index in [2.05, 4.69) is 0 Å². The molecule has 0 aromatic heterocycles. The van der Waals surface area contributed by atoms with Gasteiger partial charge in [0.25, 0.3) is 11.7 Å². The van der Waals surface area contributed by atoms with Crippen molar-refractivity contribution >= 4 is 23.4 Å². The molecule has 11 atom stereocenters. The normalized spacial score (nSPS) is 38.9. The molecule has 11 unspecified atom stereocenters. The molecule has 1 amide bonds. The number of amides is 1. The lowest BCUT2D eigenvalue weighted by Gasteiger charge is -2.43. The summed E-state index contributed by atoms with van der Waals surface area (Å²) in [6.07, 6.45) is 11.4. The molecule has 11 nitrogen and oxygen atoms in total. The van der Waals surface area contributed by atoms with E-state index in [-0.39, 0.29) is 36.7 Å². The second-order valence-corrected chi connectivity index (χ2v) is 14.8. The van der Waals surface area contributed by atoms with Crippen molar-refractivity contribution in [2.24, 2.45) is 29.6 Å². The fraction of sp³-hybridized carbons (Fsp3) is 0.784. The maximum atomic E-state index is 13.9. The van der Waals surface area contributed by atoms with Crippen molar-refractivity contribution in [1.29, 1.82) is 0 Å². The van der Waals surface area contributed by atoms with Gasteiger partial charge >= 0.3 is 5.97 Å². The fourth-order valence-corrected chi connectivity index (χ4v) is 7.79. The summed E-state index contributed by atoms with van der Waals surface area (Å²) in [5.41, 5.74) is 0. The third-order valence-corrected chi connectivity index (χ3v) is 11.2. The summed E-state index contributed by atoms with van der Waals surface area (Å²) < 4.78 is 12.1. The maximum absolute atomic E-state index is 13.9. The summed E-state index contributed by atoms with van der Waals surface area (Å²) in [6, 6.07) is -1.01. The van der Waals surface area contributed by atoms with Crippen molar-refractivity contribution in [3.05, 3.63) is 24.3 Å². The molecule has 270 valence electrons. The van der Waals surface area contributed by atoms with Crippen LogP contribution in [0.1, 0.15) is 104 Å². The minimum absolute atomic E-state index is 0.0835. The summed E-state index contributed by atoms with van der Waals surface area (Å²) in [7, 11) is 0. The highest BCUT2D eigenvalue weighted by Gasteiger charge is 2.53. The van der Waals surface area contributed by atoms with E-state index in [0.717, 1.165) is 6.42 Å². The Kier molecular flexibility index (Phi) is 14.0. The second-order valence-electron chi connectivity index (χ2n) is 14.8. The topological polar surface area (TPSA) is 171 Å². The number of ketones is 2. The highest BCUT2D eigenvalue weighted by molar-refractivity contribution is 6.39. The number of allylic oxidation sites excluding steroid dienone is 3. The minimum Gasteiger partial charge on any atom is -0.461 e. The first-order valence-electron chi connectivity index (χ1n) is 18.2. The SMILES string of the molecule is CC(CC1CCC(O)C(O)C1)C1CCC(CO)C=CCCC=CC(=O)C(C)C2CCC(C)C(O)(O2)C(=O)C(=O)N2CCCCC2C(=O)O1. The monoisotopic (exact) mass is 675 g/mol. The number of aliphatic hydroxyl groups is 4. The number of fused-ring (bicyclic) bond motifs is 3. The zero-order valence-corrected chi connectivity index (χ0v) is 28.9. The van der Waals surface area contributed by atoms with Gasteiger partial charge in [-0.1, -0.05) is 39.0 Å². The first kappa shape index (κ1) is 38.4. The minimum atomic E-state index is -2.43. The number of carbonyl (C=O) groups is 4. The third kappa shape index (κ3) is 9.41. The van der Waals surface area contributed by atoms with Gasteiger partial charge in [-0.3, -0.25) is 14.4 Å². The van der Waals surface area contributed by atoms with Gasteiger partial charge in [-0.15, -0.1) is 0 Å². The van der Waals surface area contributed by atoms with E-state index in [1.807, 2.05) is 19.1 Å². The molecule has 48 heavy (non-hydrogen) atoms. The zero-order valence-electron chi connectivity index (χ0n) is 28.9. The van der Waals surface area contributed by atoms with E-state index in [1.165, 1.54) is 11.0 Å². The predicted molar refractivity (Wildman–Crippen MR) is 177 cm³/mol. The number of cyclic esters (lactones) is 1. The highest BCUT2D eigenvalue weighted by Crippen LogP contribution is 2.37. The molecule has 0 aromatic rings. The summed E-state index contributed by atoms with van der Waals surface area (Å²) in [4.78, 5) is 55.7. The average molecular weight is 676 g/mol. The first-order valence-corrected chi connectivity index (χ1v) is 18.2. The number of hydrogen-bond donors (Lipinski definition) is 4. The van der Waals surface area contributed by atoms with Gasteiger partial charge in [0, 0.05) is 30.9 Å². The fourth-order valence-electron chi connectivity index (χ4n) is 7.79. The van der Waals surface area contributed by atoms with E-state index in [4.69, 9.17) is 9.47 Å². The number of carbonyl (C=O) groups excluding carboxylic acids is 4. The van der Waals surface area contributed by atoms with Crippen LogP contribution in [0.25, 0.3) is 0 Å². The highest BCUT2D eigenvalue weighted by atomic mass is 16.6. The van der Waals surface area contributed by atoms with Gasteiger partial charge in [-0.05, 0) is 101 Å². The van der Waals surface area contributed by atoms with Crippen LogP contribution in [0, 0.1) is 29.6 Å². The summed E-state index contributed by atoms with van der Waals surface area (Å²) in [5, 5.41) is 42.0. The molecular weight excluding hydrogens is 618 g/mol. The van der Waals surface area contributed by atoms with Crippen molar-refractivity contribution in [2.75, 3.05) is 13.2 Å². The van der Waals surface area contributed by atoms with Gasteiger partial charge in [0.1, 0.15) is 12.1 Å². The van der Waals surface area contributed by atoms with Crippen LogP contribution in [0.5, 0.6) is 0 Å². The van der Waals surface area contributed by atoms with Crippen LogP contribution in [0.4, 0.5) is 0 Å². The van der Waals surface area contributed by atoms with Crippen LogP contribution < -0.4 is 0 Å². The predicted octanol–water partition coefficient (Wildman–Crippen LogP) is 3.40. The number of Topliss-reactive ketones (excluding diaryl/α,β-unsaturated/α-hetero) is 1. The molecule has 4 aliphatic rings. The lowest BCUT2D eigenvalue weighted by molar-refractivity contribution is -0.268. The molecule has 0 radical (unpaired) electrons. The summed E-state index contributed by atoms with van der Waals surface area (Å²) >= 11 is 0. The Morgan fingerprint density at radius 2 is 1.69 bits per heavy atom. The lowest BCUT2D eigenvalue weighted by atomic mass is 9.78. The van der Waals surface area contributed by atoms with Crippen LogP contribution in [0.2, 0.25) is 0 Å². The van der Waals surface area contributed by atoms with Crippen molar-refractivity contribution in [1.82, 2.24) is 4.90 Å². The zero-order chi connectivity index (χ0) is 35.0.